The van der Waals surface area contributed by atoms with Crippen molar-refractivity contribution in [3.63, 3.8) is 0 Å². The Balaban J connectivity index is 3.15. The number of carbonyl (C=O) groups is 1. The smallest absolute Gasteiger partial charge is 0.423 e. The summed E-state index contributed by atoms with van der Waals surface area (Å²) in [6.07, 6.45) is 0. The number of benzene rings is 1. The van der Waals surface area contributed by atoms with Gasteiger partial charge in [-0.2, -0.15) is 0 Å². The number of nitrogen functional groups attached to an aromatic ring is 1. The van der Waals surface area contributed by atoms with E-state index >= 15 is 0 Å². The number of rotatable bonds is 2. The summed E-state index contributed by atoms with van der Waals surface area (Å²) in [6.45, 7) is 0. The summed E-state index contributed by atoms with van der Waals surface area (Å²) in [4.78, 5) is 11.1. The highest BCUT2D eigenvalue weighted by Gasteiger charge is 2.15. The van der Waals surface area contributed by atoms with Gasteiger partial charge in [0.25, 0.3) is 5.91 Å². The number of carbonyl (C=O) groups excluding carboxylic acids is 1. The maximum atomic E-state index is 11.1. The van der Waals surface area contributed by atoms with Crippen LogP contribution in [0.4, 0.5) is 0 Å². The monoisotopic (exact) mass is 214 g/mol. The van der Waals surface area contributed by atoms with Gasteiger partial charge in [0, 0.05) is 0 Å². The molecule has 0 atom stereocenters. The third kappa shape index (κ3) is 2.24. The first-order valence-electron chi connectivity index (χ1n) is 3.72. The topological polar surface area (TPSA) is 95.6 Å². The van der Waals surface area contributed by atoms with Crippen LogP contribution in [0.25, 0.3) is 0 Å². The summed E-state index contributed by atoms with van der Waals surface area (Å²) >= 11 is 5.69. The molecule has 0 bridgehead atoms. The van der Waals surface area contributed by atoms with Crippen molar-refractivity contribution < 1.29 is 14.8 Å². The normalized spacial score (nSPS) is 9.71. The second-order valence-corrected chi connectivity index (χ2v) is 2.99. The molecule has 0 saturated carbocycles. The van der Waals surface area contributed by atoms with Gasteiger partial charge in [-0.05, 0) is 17.6 Å². The molecule has 0 radical (unpaired) electrons. The first-order chi connectivity index (χ1) is 6.56. The Morgan fingerprint density at radius 3 is 2.64 bits per heavy atom. The number of nitrogens with one attached hydrogen (secondary N) is 1. The van der Waals surface area contributed by atoms with Crippen LogP contribution < -0.4 is 16.7 Å². The van der Waals surface area contributed by atoms with E-state index in [4.69, 9.17) is 27.5 Å². The molecule has 0 aromatic heterocycles. The maximum Gasteiger partial charge on any atom is 0.488 e. The summed E-state index contributed by atoms with van der Waals surface area (Å²) in [5.41, 5.74) is 2.17. The van der Waals surface area contributed by atoms with E-state index in [1.807, 2.05) is 5.43 Å². The van der Waals surface area contributed by atoms with Gasteiger partial charge in [0.05, 0.1) is 10.6 Å². The highest BCUT2D eigenvalue weighted by molar-refractivity contribution is 6.58. The lowest BCUT2D eigenvalue weighted by atomic mass is 9.79. The molecule has 14 heavy (non-hydrogen) atoms. The molecule has 0 aliphatic heterocycles. The number of hydrazine groups is 1. The molecule has 0 fully saturated rings. The van der Waals surface area contributed by atoms with Gasteiger partial charge in [-0.1, -0.05) is 17.7 Å². The fraction of sp³-hybridized carbons (Fsp3) is 0. The van der Waals surface area contributed by atoms with Gasteiger partial charge in [0.1, 0.15) is 0 Å². The molecule has 0 unspecified atom stereocenters. The van der Waals surface area contributed by atoms with Crippen LogP contribution >= 0.6 is 11.6 Å². The molecule has 0 spiro atoms. The van der Waals surface area contributed by atoms with Gasteiger partial charge < -0.3 is 10.0 Å². The van der Waals surface area contributed by atoms with Gasteiger partial charge >= 0.3 is 7.12 Å². The van der Waals surface area contributed by atoms with Gasteiger partial charge in [-0.25, -0.2) is 5.84 Å². The van der Waals surface area contributed by atoms with E-state index in [-0.39, 0.29) is 16.0 Å². The number of hydrogen-bond donors (Lipinski definition) is 4. The quantitative estimate of drug-likeness (QED) is 0.211. The summed E-state index contributed by atoms with van der Waals surface area (Å²) in [5.74, 6) is 4.33. The summed E-state index contributed by atoms with van der Waals surface area (Å²) in [7, 11) is -1.64. The third-order valence-electron chi connectivity index (χ3n) is 1.66. The zero-order chi connectivity index (χ0) is 10.7. The van der Waals surface area contributed by atoms with Crippen molar-refractivity contribution in [3.05, 3.63) is 28.8 Å². The van der Waals surface area contributed by atoms with Crippen molar-refractivity contribution in [3.8, 4) is 0 Å². The molecule has 0 saturated heterocycles. The van der Waals surface area contributed by atoms with Crippen LogP contribution in [0, 0.1) is 0 Å². The van der Waals surface area contributed by atoms with Gasteiger partial charge in [-0.15, -0.1) is 0 Å². The lowest BCUT2D eigenvalue weighted by molar-refractivity contribution is 0.0954. The van der Waals surface area contributed by atoms with E-state index < -0.39 is 13.0 Å². The van der Waals surface area contributed by atoms with Crippen LogP contribution in [0.5, 0.6) is 0 Å². The largest absolute Gasteiger partial charge is 0.488 e. The Kier molecular flexibility index (Phi) is 3.48. The molecule has 5 nitrogen and oxygen atoms in total. The zero-order valence-electron chi connectivity index (χ0n) is 7.07. The molecule has 1 amide bonds. The molecular weight excluding hydrogens is 206 g/mol. The molecule has 0 aliphatic carbocycles. The first kappa shape index (κ1) is 11.0. The average Bonchev–Trinajstić information content (AvgIpc) is 2.17. The molecule has 1 aromatic carbocycles. The number of amides is 1. The van der Waals surface area contributed by atoms with E-state index in [0.717, 1.165) is 0 Å². The van der Waals surface area contributed by atoms with E-state index in [1.165, 1.54) is 18.2 Å². The lowest BCUT2D eigenvalue weighted by Crippen LogP contribution is -2.34. The molecule has 0 heterocycles. The molecular formula is C7H8BClN2O3. The summed E-state index contributed by atoms with van der Waals surface area (Å²) in [6, 6.07) is 4.05. The predicted octanol–water partition coefficient (Wildman–Crippen LogP) is -1.38. The molecule has 7 heteroatoms. The van der Waals surface area contributed by atoms with Crippen molar-refractivity contribution in [2.45, 2.75) is 0 Å². The zero-order valence-corrected chi connectivity index (χ0v) is 7.82. The highest BCUT2D eigenvalue weighted by atomic mass is 35.5. The Morgan fingerprint density at radius 2 is 2.14 bits per heavy atom. The highest BCUT2D eigenvalue weighted by Crippen LogP contribution is 2.13. The Bertz CT molecular complexity index is 359. The summed E-state index contributed by atoms with van der Waals surface area (Å²) in [5, 5.41) is 17.9. The van der Waals surface area contributed by atoms with Crippen LogP contribution in [0.2, 0.25) is 5.02 Å². The third-order valence-corrected chi connectivity index (χ3v) is 1.99. The number of halogens is 1. The van der Waals surface area contributed by atoms with E-state index in [9.17, 15) is 4.79 Å². The fourth-order valence-electron chi connectivity index (χ4n) is 0.955. The Labute approximate surface area is 85.6 Å². The van der Waals surface area contributed by atoms with Gasteiger partial charge in [0.2, 0.25) is 0 Å². The molecule has 0 aliphatic rings. The van der Waals surface area contributed by atoms with Crippen molar-refractivity contribution in [2.75, 3.05) is 0 Å². The lowest BCUT2D eigenvalue weighted by Gasteiger charge is -2.05. The minimum atomic E-state index is -1.64. The van der Waals surface area contributed by atoms with Crippen molar-refractivity contribution in [2.24, 2.45) is 5.84 Å². The molecule has 74 valence electrons. The Hall–Kier alpha value is -1.08. The van der Waals surface area contributed by atoms with Crippen molar-refractivity contribution >= 4 is 30.1 Å². The van der Waals surface area contributed by atoms with Crippen LogP contribution in [0.3, 0.4) is 0 Å². The molecule has 5 N–H and O–H groups in total. The second kappa shape index (κ2) is 4.43. The minimum Gasteiger partial charge on any atom is -0.423 e. The molecule has 1 rings (SSSR count). The second-order valence-electron chi connectivity index (χ2n) is 2.59. The Morgan fingerprint density at radius 1 is 1.50 bits per heavy atom. The summed E-state index contributed by atoms with van der Waals surface area (Å²) < 4.78 is 0. The van der Waals surface area contributed by atoms with E-state index in [1.54, 1.807) is 0 Å². The average molecular weight is 214 g/mol. The SMILES string of the molecule is NNC(=O)c1cc(B(O)O)ccc1Cl. The van der Waals surface area contributed by atoms with Crippen LogP contribution in [-0.4, -0.2) is 23.1 Å². The number of nitrogens with two attached hydrogens (primary N) is 1. The first-order valence-corrected chi connectivity index (χ1v) is 4.10. The van der Waals surface area contributed by atoms with Crippen LogP contribution in [0.15, 0.2) is 18.2 Å². The van der Waals surface area contributed by atoms with E-state index in [2.05, 4.69) is 0 Å². The minimum absolute atomic E-state index is 0.0970. The molecule has 1 aromatic rings. The van der Waals surface area contributed by atoms with Crippen LogP contribution in [0.1, 0.15) is 10.4 Å². The fourth-order valence-corrected chi connectivity index (χ4v) is 1.16. The van der Waals surface area contributed by atoms with Crippen molar-refractivity contribution in [1.82, 2.24) is 5.43 Å². The number of hydrogen-bond acceptors (Lipinski definition) is 4. The predicted molar refractivity (Wildman–Crippen MR) is 52.9 cm³/mol. The standard InChI is InChI=1S/C7H8BClN2O3/c9-6-2-1-4(8(13)14)3-5(6)7(12)11-10/h1-3,13-14H,10H2,(H,11,12). The van der Waals surface area contributed by atoms with Crippen LogP contribution in [-0.2, 0) is 0 Å². The van der Waals surface area contributed by atoms with Crippen molar-refractivity contribution in [1.29, 1.82) is 0 Å². The van der Waals surface area contributed by atoms with Gasteiger partial charge in [0.15, 0.2) is 0 Å². The van der Waals surface area contributed by atoms with Gasteiger partial charge in [-0.3, -0.25) is 10.2 Å². The maximum absolute atomic E-state index is 11.1. The van der Waals surface area contributed by atoms with E-state index in [0.29, 0.717) is 0 Å².